The molecule has 0 radical (unpaired) electrons. The van der Waals surface area contributed by atoms with Crippen molar-refractivity contribution in [3.63, 3.8) is 0 Å². The summed E-state index contributed by atoms with van der Waals surface area (Å²) in [4.78, 5) is 12.5. The summed E-state index contributed by atoms with van der Waals surface area (Å²) in [6.07, 6.45) is 0.598. The van der Waals surface area contributed by atoms with Crippen LogP contribution in [-0.4, -0.2) is 31.9 Å². The maximum absolute atomic E-state index is 9.17. The number of benzene rings is 2. The zero-order valence-electron chi connectivity index (χ0n) is 14.4. The van der Waals surface area contributed by atoms with Crippen molar-refractivity contribution in [1.82, 2.24) is 15.0 Å². The molecule has 0 bridgehead atoms. The van der Waals surface area contributed by atoms with E-state index in [1.165, 1.54) is 0 Å². The smallest absolute Gasteiger partial charge is 0.253 e. The molecule has 0 aliphatic carbocycles. The van der Waals surface area contributed by atoms with Gasteiger partial charge in [-0.2, -0.15) is 15.0 Å². The first-order valence-corrected chi connectivity index (χ1v) is 8.66. The molecule has 0 amide bonds. The van der Waals surface area contributed by atoms with E-state index < -0.39 is 0 Å². The summed E-state index contributed by atoms with van der Waals surface area (Å²) in [5.41, 5.74) is 4.62. The van der Waals surface area contributed by atoms with Gasteiger partial charge in [0.15, 0.2) is 0 Å². The average Bonchev–Trinajstić information content (AvgIpc) is 2.69. The van der Waals surface area contributed by atoms with Gasteiger partial charge in [0.1, 0.15) is 0 Å². The van der Waals surface area contributed by atoms with E-state index in [4.69, 9.17) is 16.7 Å². The third kappa shape index (κ3) is 5.27. The third-order valence-electron chi connectivity index (χ3n) is 3.74. The summed E-state index contributed by atoms with van der Waals surface area (Å²) in [6.45, 7) is 0.524. The van der Waals surface area contributed by atoms with Crippen molar-refractivity contribution in [2.45, 2.75) is 13.0 Å². The SMILES string of the molecule is OCCc1ccc(Nc2nc(NO)nc(NCc3ccccc3Cl)n2)cc1. The van der Waals surface area contributed by atoms with E-state index >= 15 is 0 Å². The van der Waals surface area contributed by atoms with Crippen molar-refractivity contribution in [1.29, 1.82) is 0 Å². The molecule has 0 fully saturated rings. The number of aliphatic hydroxyl groups excluding tert-OH is 1. The van der Waals surface area contributed by atoms with Crippen LogP contribution in [0.25, 0.3) is 0 Å². The Morgan fingerprint density at radius 2 is 1.59 bits per heavy atom. The summed E-state index contributed by atoms with van der Waals surface area (Å²) in [6, 6.07) is 15.0. The molecule has 9 heteroatoms. The van der Waals surface area contributed by atoms with Gasteiger partial charge in [0.2, 0.25) is 11.9 Å². The Hall–Kier alpha value is -2.94. The van der Waals surface area contributed by atoms with Crippen LogP contribution in [0.1, 0.15) is 11.1 Å². The van der Waals surface area contributed by atoms with Gasteiger partial charge in [0.05, 0.1) is 0 Å². The van der Waals surface area contributed by atoms with Crippen LogP contribution in [0.3, 0.4) is 0 Å². The normalized spacial score (nSPS) is 10.5. The molecule has 0 saturated heterocycles. The van der Waals surface area contributed by atoms with E-state index in [9.17, 15) is 5.21 Å². The number of hydrogen-bond donors (Lipinski definition) is 5. The standard InChI is InChI=1S/C18H19ClN6O2/c19-15-4-2-1-3-13(15)11-20-16-22-17(24-18(23-16)25-27)21-14-7-5-12(6-8-14)9-10-26/h1-8,26-27H,9-11H2,(H3,20,21,22,23,24,25). The number of rotatable bonds is 8. The van der Waals surface area contributed by atoms with Gasteiger partial charge in [-0.3, -0.25) is 5.21 Å². The second kappa shape index (κ2) is 9.13. The van der Waals surface area contributed by atoms with Crippen molar-refractivity contribution >= 4 is 35.1 Å². The van der Waals surface area contributed by atoms with Crippen LogP contribution < -0.4 is 16.1 Å². The summed E-state index contributed by atoms with van der Waals surface area (Å²) < 4.78 is 0. The lowest BCUT2D eigenvalue weighted by Crippen LogP contribution is -2.10. The van der Waals surface area contributed by atoms with E-state index in [1.54, 1.807) is 6.07 Å². The lowest BCUT2D eigenvalue weighted by Gasteiger charge is -2.10. The number of nitrogens with zero attached hydrogens (tertiary/aromatic N) is 3. The largest absolute Gasteiger partial charge is 0.396 e. The fourth-order valence-corrected chi connectivity index (χ4v) is 2.59. The van der Waals surface area contributed by atoms with E-state index in [1.807, 2.05) is 47.9 Å². The Balaban J connectivity index is 1.73. The molecule has 1 aromatic heterocycles. The highest BCUT2D eigenvalue weighted by molar-refractivity contribution is 6.31. The Morgan fingerprint density at radius 1 is 0.889 bits per heavy atom. The molecule has 0 spiro atoms. The fourth-order valence-electron chi connectivity index (χ4n) is 2.39. The zero-order valence-corrected chi connectivity index (χ0v) is 15.1. The van der Waals surface area contributed by atoms with Crippen molar-refractivity contribution in [3.05, 3.63) is 64.7 Å². The van der Waals surface area contributed by atoms with Gasteiger partial charge in [-0.05, 0) is 35.7 Å². The number of aliphatic hydroxyl groups is 1. The summed E-state index contributed by atoms with van der Waals surface area (Å²) in [5, 5.41) is 24.9. The molecule has 27 heavy (non-hydrogen) atoms. The monoisotopic (exact) mass is 386 g/mol. The topological polar surface area (TPSA) is 115 Å². The Bertz CT molecular complexity index is 891. The fraction of sp³-hybridized carbons (Fsp3) is 0.167. The molecule has 140 valence electrons. The quantitative estimate of drug-likeness (QED) is 0.375. The molecular formula is C18H19ClN6O2. The van der Waals surface area contributed by atoms with Gasteiger partial charge in [-0.15, -0.1) is 0 Å². The van der Waals surface area contributed by atoms with Crippen LogP contribution >= 0.6 is 11.6 Å². The Kier molecular flexibility index (Phi) is 6.37. The Labute approximate surface area is 161 Å². The van der Waals surface area contributed by atoms with Gasteiger partial charge < -0.3 is 15.7 Å². The molecule has 0 aliphatic heterocycles. The highest BCUT2D eigenvalue weighted by Crippen LogP contribution is 2.19. The first-order chi connectivity index (χ1) is 13.2. The highest BCUT2D eigenvalue weighted by Gasteiger charge is 2.08. The van der Waals surface area contributed by atoms with E-state index in [2.05, 4.69) is 25.6 Å². The molecule has 1 heterocycles. The minimum Gasteiger partial charge on any atom is -0.396 e. The maximum Gasteiger partial charge on any atom is 0.253 e. The molecule has 8 nitrogen and oxygen atoms in total. The van der Waals surface area contributed by atoms with Crippen molar-refractivity contribution in [3.8, 4) is 0 Å². The van der Waals surface area contributed by atoms with Gasteiger partial charge in [-0.1, -0.05) is 41.9 Å². The highest BCUT2D eigenvalue weighted by atomic mass is 35.5. The van der Waals surface area contributed by atoms with Gasteiger partial charge in [-0.25, -0.2) is 5.48 Å². The molecule has 0 unspecified atom stereocenters. The second-order valence-electron chi connectivity index (χ2n) is 5.66. The van der Waals surface area contributed by atoms with Crippen LogP contribution in [0.2, 0.25) is 5.02 Å². The lowest BCUT2D eigenvalue weighted by molar-refractivity contribution is 0.299. The molecule has 0 atom stereocenters. The summed E-state index contributed by atoms with van der Waals surface area (Å²) >= 11 is 6.15. The molecule has 5 N–H and O–H groups in total. The van der Waals surface area contributed by atoms with Gasteiger partial charge >= 0.3 is 0 Å². The van der Waals surface area contributed by atoms with Gasteiger partial charge in [0, 0.05) is 23.9 Å². The average molecular weight is 387 g/mol. The summed E-state index contributed by atoms with van der Waals surface area (Å²) in [7, 11) is 0. The first kappa shape index (κ1) is 18.8. The molecule has 3 aromatic rings. The number of hydrogen-bond acceptors (Lipinski definition) is 8. The van der Waals surface area contributed by atoms with Crippen molar-refractivity contribution in [2.75, 3.05) is 22.7 Å². The zero-order chi connectivity index (χ0) is 19.1. The minimum absolute atomic E-state index is 0.00561. The molecule has 2 aromatic carbocycles. The molecule has 0 aliphatic rings. The van der Waals surface area contributed by atoms with Gasteiger partial charge in [0.25, 0.3) is 5.95 Å². The number of aromatic nitrogens is 3. The molecule has 3 rings (SSSR count). The van der Waals surface area contributed by atoms with Crippen molar-refractivity contribution < 1.29 is 10.3 Å². The van der Waals surface area contributed by atoms with E-state index in [0.29, 0.717) is 18.0 Å². The van der Waals surface area contributed by atoms with E-state index in [0.717, 1.165) is 16.8 Å². The Morgan fingerprint density at radius 3 is 2.30 bits per heavy atom. The molecular weight excluding hydrogens is 368 g/mol. The first-order valence-electron chi connectivity index (χ1n) is 8.28. The number of anilines is 4. The van der Waals surface area contributed by atoms with Crippen LogP contribution in [-0.2, 0) is 13.0 Å². The van der Waals surface area contributed by atoms with Crippen molar-refractivity contribution in [2.24, 2.45) is 0 Å². The predicted octanol–water partition coefficient (Wildman–Crippen LogP) is 3.22. The van der Waals surface area contributed by atoms with Crippen LogP contribution in [0.5, 0.6) is 0 Å². The summed E-state index contributed by atoms with van der Waals surface area (Å²) in [5.74, 6) is 0.546. The molecule has 0 saturated carbocycles. The van der Waals surface area contributed by atoms with Crippen LogP contribution in [0, 0.1) is 0 Å². The second-order valence-corrected chi connectivity index (χ2v) is 6.07. The maximum atomic E-state index is 9.17. The minimum atomic E-state index is 0.00561. The van der Waals surface area contributed by atoms with E-state index in [-0.39, 0.29) is 24.5 Å². The third-order valence-corrected chi connectivity index (χ3v) is 4.11. The number of nitrogens with one attached hydrogen (secondary N) is 3. The number of halogens is 1. The van der Waals surface area contributed by atoms with Crippen LogP contribution in [0.4, 0.5) is 23.5 Å². The predicted molar refractivity (Wildman–Crippen MR) is 105 cm³/mol. The lowest BCUT2D eigenvalue weighted by atomic mass is 10.1. The van der Waals surface area contributed by atoms with Crippen LogP contribution in [0.15, 0.2) is 48.5 Å².